The summed E-state index contributed by atoms with van der Waals surface area (Å²) in [6.07, 6.45) is 3.72. The van der Waals surface area contributed by atoms with Gasteiger partial charge in [0.05, 0.1) is 25.4 Å². The third-order valence-electron chi connectivity index (χ3n) is 2.68. The third kappa shape index (κ3) is 3.81. The van der Waals surface area contributed by atoms with Gasteiger partial charge in [-0.25, -0.2) is 0 Å². The van der Waals surface area contributed by atoms with Crippen LogP contribution >= 0.6 is 0 Å². The molecule has 4 heteroatoms. The summed E-state index contributed by atoms with van der Waals surface area (Å²) in [7, 11) is 1.62. The van der Waals surface area contributed by atoms with E-state index in [1.165, 1.54) is 0 Å². The Labute approximate surface area is 112 Å². The van der Waals surface area contributed by atoms with E-state index in [1.807, 2.05) is 37.3 Å². The molecule has 0 atom stereocenters. The maximum atomic E-state index is 11.9. The van der Waals surface area contributed by atoms with Gasteiger partial charge in [0.1, 0.15) is 5.75 Å². The highest BCUT2D eigenvalue weighted by atomic mass is 16.5. The SMILES string of the molecule is COc1ccc(CC(=O)Nc2cncc(C)c2)cc1. The highest BCUT2D eigenvalue weighted by Gasteiger charge is 2.04. The fourth-order valence-corrected chi connectivity index (χ4v) is 1.76. The van der Waals surface area contributed by atoms with Gasteiger partial charge in [-0.05, 0) is 36.2 Å². The number of pyridine rings is 1. The number of hydrogen-bond acceptors (Lipinski definition) is 3. The van der Waals surface area contributed by atoms with E-state index < -0.39 is 0 Å². The maximum absolute atomic E-state index is 11.9. The number of rotatable bonds is 4. The molecule has 2 rings (SSSR count). The topological polar surface area (TPSA) is 51.2 Å². The molecule has 1 aromatic heterocycles. The molecule has 0 aliphatic heterocycles. The first-order valence-electron chi connectivity index (χ1n) is 6.02. The second kappa shape index (κ2) is 6.00. The second-order valence-corrected chi connectivity index (χ2v) is 4.32. The molecular weight excluding hydrogens is 240 g/mol. The van der Waals surface area contributed by atoms with Crippen LogP contribution in [0.5, 0.6) is 5.75 Å². The molecule has 19 heavy (non-hydrogen) atoms. The van der Waals surface area contributed by atoms with Crippen LogP contribution < -0.4 is 10.1 Å². The zero-order valence-electron chi connectivity index (χ0n) is 11.0. The average Bonchev–Trinajstić information content (AvgIpc) is 2.39. The largest absolute Gasteiger partial charge is 0.497 e. The number of aromatic nitrogens is 1. The molecule has 0 radical (unpaired) electrons. The van der Waals surface area contributed by atoms with E-state index in [0.717, 1.165) is 22.6 Å². The van der Waals surface area contributed by atoms with Crippen LogP contribution in [0.25, 0.3) is 0 Å². The number of nitrogens with zero attached hydrogens (tertiary/aromatic N) is 1. The minimum atomic E-state index is -0.0578. The molecule has 0 fully saturated rings. The fraction of sp³-hybridized carbons (Fsp3) is 0.200. The molecule has 0 aliphatic rings. The normalized spacial score (nSPS) is 10.0. The zero-order valence-corrected chi connectivity index (χ0v) is 11.0. The van der Waals surface area contributed by atoms with Crippen molar-refractivity contribution >= 4 is 11.6 Å². The number of amides is 1. The molecular formula is C15H16N2O2. The Balaban J connectivity index is 1.97. The summed E-state index contributed by atoms with van der Waals surface area (Å²) in [5, 5.41) is 2.83. The first-order valence-corrected chi connectivity index (χ1v) is 6.02. The molecule has 0 spiro atoms. The fourth-order valence-electron chi connectivity index (χ4n) is 1.76. The Bertz CT molecular complexity index is 565. The van der Waals surface area contributed by atoms with Crippen molar-refractivity contribution in [3.05, 3.63) is 53.9 Å². The van der Waals surface area contributed by atoms with Crippen molar-refractivity contribution in [1.82, 2.24) is 4.98 Å². The molecule has 1 amide bonds. The van der Waals surface area contributed by atoms with Crippen molar-refractivity contribution < 1.29 is 9.53 Å². The van der Waals surface area contributed by atoms with Crippen LogP contribution in [-0.2, 0) is 11.2 Å². The lowest BCUT2D eigenvalue weighted by molar-refractivity contribution is -0.115. The van der Waals surface area contributed by atoms with Gasteiger partial charge in [-0.2, -0.15) is 0 Å². The van der Waals surface area contributed by atoms with Gasteiger partial charge in [0, 0.05) is 6.20 Å². The predicted octanol–water partition coefficient (Wildman–Crippen LogP) is 2.58. The molecule has 1 aromatic carbocycles. The lowest BCUT2D eigenvalue weighted by atomic mass is 10.1. The molecule has 98 valence electrons. The molecule has 0 saturated carbocycles. The van der Waals surface area contributed by atoms with Crippen molar-refractivity contribution in [3.63, 3.8) is 0 Å². The molecule has 0 saturated heterocycles. The lowest BCUT2D eigenvalue weighted by Crippen LogP contribution is -2.14. The van der Waals surface area contributed by atoms with E-state index in [4.69, 9.17) is 4.74 Å². The Morgan fingerprint density at radius 2 is 2.00 bits per heavy atom. The van der Waals surface area contributed by atoms with Gasteiger partial charge < -0.3 is 10.1 Å². The van der Waals surface area contributed by atoms with Crippen LogP contribution in [-0.4, -0.2) is 18.0 Å². The van der Waals surface area contributed by atoms with Crippen molar-refractivity contribution in [3.8, 4) is 5.75 Å². The van der Waals surface area contributed by atoms with E-state index in [1.54, 1.807) is 19.5 Å². The maximum Gasteiger partial charge on any atom is 0.228 e. The number of hydrogen-bond donors (Lipinski definition) is 1. The number of carbonyl (C=O) groups is 1. The predicted molar refractivity (Wildman–Crippen MR) is 74.3 cm³/mol. The van der Waals surface area contributed by atoms with E-state index in [0.29, 0.717) is 6.42 Å². The minimum Gasteiger partial charge on any atom is -0.497 e. The van der Waals surface area contributed by atoms with Crippen molar-refractivity contribution in [2.45, 2.75) is 13.3 Å². The van der Waals surface area contributed by atoms with Gasteiger partial charge in [-0.1, -0.05) is 12.1 Å². The van der Waals surface area contributed by atoms with Gasteiger partial charge in [0.15, 0.2) is 0 Å². The Hall–Kier alpha value is -2.36. The molecule has 1 N–H and O–H groups in total. The number of carbonyl (C=O) groups excluding carboxylic acids is 1. The quantitative estimate of drug-likeness (QED) is 0.914. The molecule has 0 unspecified atom stereocenters. The molecule has 0 bridgehead atoms. The zero-order chi connectivity index (χ0) is 13.7. The molecule has 0 aliphatic carbocycles. The van der Waals surface area contributed by atoms with Gasteiger partial charge in [-0.15, -0.1) is 0 Å². The van der Waals surface area contributed by atoms with Crippen molar-refractivity contribution in [2.75, 3.05) is 12.4 Å². The molecule has 1 heterocycles. The first-order chi connectivity index (χ1) is 9.17. The smallest absolute Gasteiger partial charge is 0.228 e. The number of methoxy groups -OCH3 is 1. The second-order valence-electron chi connectivity index (χ2n) is 4.32. The number of nitrogens with one attached hydrogen (secondary N) is 1. The summed E-state index contributed by atoms with van der Waals surface area (Å²) in [6, 6.07) is 9.34. The minimum absolute atomic E-state index is 0.0578. The summed E-state index contributed by atoms with van der Waals surface area (Å²) in [5.74, 6) is 0.726. The Kier molecular flexibility index (Phi) is 4.13. The summed E-state index contributed by atoms with van der Waals surface area (Å²) in [4.78, 5) is 15.9. The van der Waals surface area contributed by atoms with E-state index in [2.05, 4.69) is 10.3 Å². The van der Waals surface area contributed by atoms with Crippen LogP contribution in [0.2, 0.25) is 0 Å². The van der Waals surface area contributed by atoms with Crippen LogP contribution in [0.3, 0.4) is 0 Å². The average molecular weight is 256 g/mol. The van der Waals surface area contributed by atoms with Crippen LogP contribution in [0.15, 0.2) is 42.7 Å². The van der Waals surface area contributed by atoms with E-state index >= 15 is 0 Å². The summed E-state index contributed by atoms with van der Waals surface area (Å²) in [5.41, 5.74) is 2.68. The summed E-state index contributed by atoms with van der Waals surface area (Å²) >= 11 is 0. The Morgan fingerprint density at radius 3 is 2.63 bits per heavy atom. The van der Waals surface area contributed by atoms with E-state index in [-0.39, 0.29) is 5.91 Å². The van der Waals surface area contributed by atoms with Crippen LogP contribution in [0.1, 0.15) is 11.1 Å². The van der Waals surface area contributed by atoms with Gasteiger partial charge in [0.25, 0.3) is 0 Å². The number of benzene rings is 1. The monoisotopic (exact) mass is 256 g/mol. The Morgan fingerprint density at radius 1 is 1.26 bits per heavy atom. The van der Waals surface area contributed by atoms with Gasteiger partial charge >= 0.3 is 0 Å². The number of ether oxygens (including phenoxy) is 1. The first kappa shape index (κ1) is 13.1. The van der Waals surface area contributed by atoms with Crippen molar-refractivity contribution in [2.24, 2.45) is 0 Å². The number of aryl methyl sites for hydroxylation is 1. The highest BCUT2D eigenvalue weighted by Crippen LogP contribution is 2.13. The highest BCUT2D eigenvalue weighted by molar-refractivity contribution is 5.92. The van der Waals surface area contributed by atoms with Crippen LogP contribution in [0, 0.1) is 6.92 Å². The van der Waals surface area contributed by atoms with Gasteiger partial charge in [-0.3, -0.25) is 9.78 Å². The molecule has 4 nitrogen and oxygen atoms in total. The van der Waals surface area contributed by atoms with Crippen LogP contribution in [0.4, 0.5) is 5.69 Å². The standard InChI is InChI=1S/C15H16N2O2/c1-11-7-13(10-16-9-11)17-15(18)8-12-3-5-14(19-2)6-4-12/h3-7,9-10H,8H2,1-2H3,(H,17,18). The summed E-state index contributed by atoms with van der Waals surface area (Å²) in [6.45, 7) is 1.94. The van der Waals surface area contributed by atoms with Gasteiger partial charge in [0.2, 0.25) is 5.91 Å². The van der Waals surface area contributed by atoms with E-state index in [9.17, 15) is 4.79 Å². The third-order valence-corrected chi connectivity index (χ3v) is 2.68. The summed E-state index contributed by atoms with van der Waals surface area (Å²) < 4.78 is 5.07. The molecule has 2 aromatic rings. The lowest BCUT2D eigenvalue weighted by Gasteiger charge is -2.06. The number of anilines is 1. The van der Waals surface area contributed by atoms with Crippen molar-refractivity contribution in [1.29, 1.82) is 0 Å².